The number of carbonyl (C=O) groups excluding carboxylic acids is 2. The molecule has 6 heteroatoms. The van der Waals surface area contributed by atoms with Gasteiger partial charge in [-0.25, -0.2) is 4.79 Å². The Balaban J connectivity index is 2.28. The van der Waals surface area contributed by atoms with Gasteiger partial charge in [-0.1, -0.05) is 29.8 Å². The molecule has 5 nitrogen and oxygen atoms in total. The second-order valence-corrected chi connectivity index (χ2v) is 4.99. The zero-order chi connectivity index (χ0) is 15.0. The molecule has 0 saturated carbocycles. The third-order valence-corrected chi connectivity index (χ3v) is 3.01. The van der Waals surface area contributed by atoms with Crippen molar-refractivity contribution in [3.05, 3.63) is 34.9 Å². The molecule has 1 rings (SSSR count). The molecule has 0 aliphatic heterocycles. The molecule has 0 aliphatic rings. The molecule has 0 aliphatic carbocycles. The van der Waals surface area contributed by atoms with Crippen LogP contribution in [0.2, 0.25) is 5.02 Å². The fourth-order valence-corrected chi connectivity index (χ4v) is 1.95. The molecule has 0 spiro atoms. The number of halogens is 1. The summed E-state index contributed by atoms with van der Waals surface area (Å²) in [6.45, 7) is 4.16. The number of carbonyl (C=O) groups is 2. The van der Waals surface area contributed by atoms with Crippen LogP contribution < -0.4 is 16.0 Å². The van der Waals surface area contributed by atoms with Crippen molar-refractivity contribution in [1.29, 1.82) is 0 Å². The summed E-state index contributed by atoms with van der Waals surface area (Å²) in [7, 11) is 0. The summed E-state index contributed by atoms with van der Waals surface area (Å²) in [5.41, 5.74) is 1.00. The minimum absolute atomic E-state index is 0.0318. The number of urea groups is 1. The van der Waals surface area contributed by atoms with Crippen molar-refractivity contribution in [3.63, 3.8) is 0 Å². The minimum atomic E-state index is -0.255. The maximum atomic E-state index is 11.6. The predicted octanol–water partition coefficient (Wildman–Crippen LogP) is 1.71. The number of nitrogens with one attached hydrogen (secondary N) is 3. The zero-order valence-electron chi connectivity index (χ0n) is 11.7. The van der Waals surface area contributed by atoms with Crippen LogP contribution in [0, 0.1) is 0 Å². The number of benzene rings is 1. The van der Waals surface area contributed by atoms with E-state index in [2.05, 4.69) is 16.0 Å². The number of rotatable bonds is 6. The molecule has 20 heavy (non-hydrogen) atoms. The van der Waals surface area contributed by atoms with Crippen LogP contribution in [0.5, 0.6) is 0 Å². The first-order valence-electron chi connectivity index (χ1n) is 6.51. The summed E-state index contributed by atoms with van der Waals surface area (Å²) in [6.07, 6.45) is 0.665. The van der Waals surface area contributed by atoms with Crippen molar-refractivity contribution in [2.24, 2.45) is 0 Å². The molecule has 3 N–H and O–H groups in total. The average molecular weight is 298 g/mol. The molecular weight excluding hydrogens is 278 g/mol. The quantitative estimate of drug-likeness (QED) is 0.700. The molecule has 0 radical (unpaired) electrons. The van der Waals surface area contributed by atoms with Crippen molar-refractivity contribution in [1.82, 2.24) is 16.0 Å². The second kappa shape index (κ2) is 8.43. The van der Waals surface area contributed by atoms with Crippen LogP contribution >= 0.6 is 11.6 Å². The lowest BCUT2D eigenvalue weighted by Crippen LogP contribution is -2.44. The number of amides is 3. The molecular formula is C14H20ClN3O2. The molecule has 3 amide bonds. The van der Waals surface area contributed by atoms with E-state index in [4.69, 9.17) is 11.6 Å². The van der Waals surface area contributed by atoms with Crippen molar-refractivity contribution < 1.29 is 9.59 Å². The first-order valence-corrected chi connectivity index (χ1v) is 6.89. The lowest BCUT2D eigenvalue weighted by molar-refractivity contribution is -0.118. The van der Waals surface area contributed by atoms with E-state index in [1.54, 1.807) is 0 Å². The Labute approximate surface area is 124 Å². The number of hydrogen-bond donors (Lipinski definition) is 3. The Morgan fingerprint density at radius 1 is 1.20 bits per heavy atom. The van der Waals surface area contributed by atoms with Crippen LogP contribution in [0.1, 0.15) is 19.4 Å². The Bertz CT molecular complexity index is 465. The lowest BCUT2D eigenvalue weighted by atomic mass is 10.1. The van der Waals surface area contributed by atoms with Crippen LogP contribution in [0.3, 0.4) is 0 Å². The van der Waals surface area contributed by atoms with Crippen molar-refractivity contribution in [3.8, 4) is 0 Å². The van der Waals surface area contributed by atoms with Gasteiger partial charge in [0.25, 0.3) is 0 Å². The Kier molecular flexibility index (Phi) is 6.87. The highest BCUT2D eigenvalue weighted by atomic mass is 35.5. The van der Waals surface area contributed by atoms with Crippen LogP contribution in [-0.4, -0.2) is 31.1 Å². The van der Waals surface area contributed by atoms with Gasteiger partial charge in [0.2, 0.25) is 5.91 Å². The molecule has 0 saturated heterocycles. The molecule has 0 bridgehead atoms. The van der Waals surface area contributed by atoms with Gasteiger partial charge in [-0.3, -0.25) is 4.79 Å². The van der Waals surface area contributed by atoms with Gasteiger partial charge in [0, 0.05) is 31.1 Å². The van der Waals surface area contributed by atoms with Gasteiger partial charge in [0.05, 0.1) is 0 Å². The Morgan fingerprint density at radius 3 is 2.50 bits per heavy atom. The normalized spacial score (nSPS) is 11.6. The van der Waals surface area contributed by atoms with Crippen molar-refractivity contribution in [2.75, 3.05) is 13.1 Å². The van der Waals surface area contributed by atoms with Gasteiger partial charge in [-0.2, -0.15) is 0 Å². The van der Waals surface area contributed by atoms with Crippen molar-refractivity contribution >= 4 is 23.5 Å². The Hall–Kier alpha value is -1.75. The molecule has 0 fully saturated rings. The highest BCUT2D eigenvalue weighted by Crippen LogP contribution is 2.16. The fourth-order valence-electron chi connectivity index (χ4n) is 1.73. The minimum Gasteiger partial charge on any atom is -0.355 e. The monoisotopic (exact) mass is 297 g/mol. The first-order chi connectivity index (χ1) is 9.49. The van der Waals surface area contributed by atoms with Gasteiger partial charge in [-0.05, 0) is 25.0 Å². The van der Waals surface area contributed by atoms with E-state index in [9.17, 15) is 9.59 Å². The van der Waals surface area contributed by atoms with Gasteiger partial charge < -0.3 is 16.0 Å². The molecule has 1 aromatic rings. The maximum absolute atomic E-state index is 11.6. The summed E-state index contributed by atoms with van der Waals surface area (Å²) in [6, 6.07) is 7.28. The summed E-state index contributed by atoms with van der Waals surface area (Å²) in [5.74, 6) is -0.112. The molecule has 1 unspecified atom stereocenters. The smallest absolute Gasteiger partial charge is 0.315 e. The topological polar surface area (TPSA) is 70.2 Å². The fraction of sp³-hybridized carbons (Fsp3) is 0.429. The van der Waals surface area contributed by atoms with E-state index in [0.717, 1.165) is 5.56 Å². The molecule has 0 heterocycles. The number of hydrogen-bond acceptors (Lipinski definition) is 2. The highest BCUT2D eigenvalue weighted by molar-refractivity contribution is 6.31. The van der Waals surface area contributed by atoms with Crippen LogP contribution in [0.4, 0.5) is 4.79 Å². The third-order valence-electron chi connectivity index (χ3n) is 2.65. The summed E-state index contributed by atoms with van der Waals surface area (Å²) in [4.78, 5) is 22.3. The van der Waals surface area contributed by atoms with E-state index in [1.807, 2.05) is 31.2 Å². The Morgan fingerprint density at radius 2 is 1.85 bits per heavy atom. The predicted molar refractivity (Wildman–Crippen MR) is 79.8 cm³/mol. The summed E-state index contributed by atoms with van der Waals surface area (Å²) in [5, 5.41) is 8.80. The van der Waals surface area contributed by atoms with E-state index < -0.39 is 0 Å². The molecule has 1 atom stereocenters. The summed E-state index contributed by atoms with van der Waals surface area (Å²) >= 11 is 6.07. The summed E-state index contributed by atoms with van der Waals surface area (Å²) < 4.78 is 0. The van der Waals surface area contributed by atoms with Crippen LogP contribution in [0.15, 0.2) is 24.3 Å². The van der Waals surface area contributed by atoms with E-state index in [-0.39, 0.29) is 18.0 Å². The van der Waals surface area contributed by atoms with Gasteiger partial charge >= 0.3 is 6.03 Å². The molecule has 1 aromatic carbocycles. The van der Waals surface area contributed by atoms with Crippen LogP contribution in [0.25, 0.3) is 0 Å². The largest absolute Gasteiger partial charge is 0.355 e. The van der Waals surface area contributed by atoms with Gasteiger partial charge in [-0.15, -0.1) is 0 Å². The first kappa shape index (κ1) is 16.3. The highest BCUT2D eigenvalue weighted by Gasteiger charge is 2.09. The molecule has 0 aromatic heterocycles. The SMILES string of the molecule is CC(=O)NCCNC(=O)NC(C)Cc1ccccc1Cl. The van der Waals surface area contributed by atoms with Gasteiger partial charge in [0.15, 0.2) is 0 Å². The van der Waals surface area contributed by atoms with E-state index in [0.29, 0.717) is 24.5 Å². The zero-order valence-corrected chi connectivity index (χ0v) is 12.5. The standard InChI is InChI=1S/C14H20ClN3O2/c1-10(9-12-5-3-4-6-13(12)15)18-14(20)17-8-7-16-11(2)19/h3-6,10H,7-9H2,1-2H3,(H,16,19)(H2,17,18,20). The maximum Gasteiger partial charge on any atom is 0.315 e. The van der Waals surface area contributed by atoms with E-state index >= 15 is 0 Å². The average Bonchev–Trinajstić information content (AvgIpc) is 2.37. The van der Waals surface area contributed by atoms with Crippen molar-refractivity contribution in [2.45, 2.75) is 26.3 Å². The van der Waals surface area contributed by atoms with Gasteiger partial charge in [0.1, 0.15) is 0 Å². The third kappa shape index (κ3) is 6.43. The van der Waals surface area contributed by atoms with E-state index in [1.165, 1.54) is 6.92 Å². The lowest BCUT2D eigenvalue weighted by Gasteiger charge is -2.15. The second-order valence-electron chi connectivity index (χ2n) is 4.58. The van der Waals surface area contributed by atoms with Crippen LogP contribution in [-0.2, 0) is 11.2 Å². The molecule has 110 valence electrons.